The highest BCUT2D eigenvalue weighted by Gasteiger charge is 2.20. The average Bonchev–Trinajstić information content (AvgIpc) is 2.45. The van der Waals surface area contributed by atoms with Gasteiger partial charge in [0.15, 0.2) is 0 Å². The van der Waals surface area contributed by atoms with Gasteiger partial charge < -0.3 is 9.84 Å². The van der Waals surface area contributed by atoms with Crippen LogP contribution in [0, 0.1) is 0 Å². The highest BCUT2D eigenvalue weighted by molar-refractivity contribution is 5.76. The fourth-order valence-corrected chi connectivity index (χ4v) is 1.93. The standard InChI is InChI=1S/C15H15NO3/c1-19-14-9-5-8-12(16-14)10-13(15(17)18)11-6-3-2-4-7-11/h2-9,13H,10H2,1H3,(H,17,18). The summed E-state index contributed by atoms with van der Waals surface area (Å²) in [5.41, 5.74) is 1.48. The van der Waals surface area contributed by atoms with Crippen molar-refractivity contribution in [2.75, 3.05) is 7.11 Å². The molecule has 0 saturated heterocycles. The number of hydrogen-bond acceptors (Lipinski definition) is 3. The molecule has 4 nitrogen and oxygen atoms in total. The summed E-state index contributed by atoms with van der Waals surface area (Å²) in [4.78, 5) is 15.7. The van der Waals surface area contributed by atoms with E-state index < -0.39 is 11.9 Å². The molecule has 0 amide bonds. The van der Waals surface area contributed by atoms with Crippen LogP contribution in [0.1, 0.15) is 17.2 Å². The highest BCUT2D eigenvalue weighted by Crippen LogP contribution is 2.21. The largest absolute Gasteiger partial charge is 0.481 e. The summed E-state index contributed by atoms with van der Waals surface area (Å²) >= 11 is 0. The molecule has 0 radical (unpaired) electrons. The smallest absolute Gasteiger partial charge is 0.311 e. The Hall–Kier alpha value is -2.36. The van der Waals surface area contributed by atoms with Gasteiger partial charge in [0.2, 0.25) is 5.88 Å². The van der Waals surface area contributed by atoms with E-state index in [2.05, 4.69) is 4.98 Å². The molecule has 0 aliphatic rings. The Balaban J connectivity index is 2.24. The van der Waals surface area contributed by atoms with Gasteiger partial charge in [0, 0.05) is 18.2 Å². The Morgan fingerprint density at radius 2 is 1.95 bits per heavy atom. The van der Waals surface area contributed by atoms with Gasteiger partial charge in [-0.05, 0) is 11.6 Å². The van der Waals surface area contributed by atoms with Gasteiger partial charge >= 0.3 is 5.97 Å². The summed E-state index contributed by atoms with van der Waals surface area (Å²) in [5.74, 6) is -0.952. The van der Waals surface area contributed by atoms with Gasteiger partial charge in [-0.1, -0.05) is 36.4 Å². The van der Waals surface area contributed by atoms with Crippen molar-refractivity contribution in [3.8, 4) is 5.88 Å². The summed E-state index contributed by atoms with van der Waals surface area (Å²) in [5, 5.41) is 9.36. The van der Waals surface area contributed by atoms with Gasteiger partial charge in [0.05, 0.1) is 13.0 Å². The molecule has 4 heteroatoms. The quantitative estimate of drug-likeness (QED) is 0.894. The van der Waals surface area contributed by atoms with Gasteiger partial charge in [-0.2, -0.15) is 0 Å². The molecule has 0 saturated carbocycles. The van der Waals surface area contributed by atoms with E-state index >= 15 is 0 Å². The Morgan fingerprint density at radius 1 is 1.21 bits per heavy atom. The molecule has 0 spiro atoms. The second-order valence-corrected chi connectivity index (χ2v) is 4.18. The normalized spacial score (nSPS) is 11.8. The zero-order valence-corrected chi connectivity index (χ0v) is 10.6. The number of rotatable bonds is 5. The predicted molar refractivity (Wildman–Crippen MR) is 71.3 cm³/mol. The SMILES string of the molecule is COc1cccc(CC(C(=O)O)c2ccccc2)n1. The van der Waals surface area contributed by atoms with Gasteiger partial charge in [-0.3, -0.25) is 4.79 Å². The summed E-state index contributed by atoms with van der Waals surface area (Å²) in [6, 6.07) is 14.5. The number of benzene rings is 1. The number of nitrogens with zero attached hydrogens (tertiary/aromatic N) is 1. The van der Waals surface area contributed by atoms with Crippen molar-refractivity contribution in [2.45, 2.75) is 12.3 Å². The maximum Gasteiger partial charge on any atom is 0.311 e. The Bertz CT molecular complexity index is 554. The number of ether oxygens (including phenoxy) is 1. The summed E-state index contributed by atoms with van der Waals surface area (Å²) in [6.07, 6.45) is 0.344. The number of carbonyl (C=O) groups is 1. The van der Waals surface area contributed by atoms with Crippen LogP contribution in [0.15, 0.2) is 48.5 Å². The number of carboxylic acids is 1. The molecule has 19 heavy (non-hydrogen) atoms. The van der Waals surface area contributed by atoms with E-state index in [1.165, 1.54) is 7.11 Å². The van der Waals surface area contributed by atoms with E-state index in [9.17, 15) is 9.90 Å². The molecule has 2 aromatic rings. The van der Waals surface area contributed by atoms with E-state index in [1.54, 1.807) is 12.1 Å². The fourth-order valence-electron chi connectivity index (χ4n) is 1.93. The maximum atomic E-state index is 11.4. The van der Waals surface area contributed by atoms with Crippen LogP contribution in [0.5, 0.6) is 5.88 Å². The molecule has 1 heterocycles. The van der Waals surface area contributed by atoms with Gasteiger partial charge in [-0.15, -0.1) is 0 Å². The van der Waals surface area contributed by atoms with Crippen molar-refractivity contribution in [1.82, 2.24) is 4.98 Å². The van der Waals surface area contributed by atoms with Crippen LogP contribution in [-0.2, 0) is 11.2 Å². The first kappa shape index (κ1) is 13.1. The average molecular weight is 257 g/mol. The topological polar surface area (TPSA) is 59.4 Å². The molecule has 2 rings (SSSR count). The van der Waals surface area contributed by atoms with Gasteiger partial charge in [0.25, 0.3) is 0 Å². The highest BCUT2D eigenvalue weighted by atomic mass is 16.5. The molecule has 0 aliphatic carbocycles. The lowest BCUT2D eigenvalue weighted by molar-refractivity contribution is -0.138. The first-order valence-electron chi connectivity index (χ1n) is 5.98. The minimum Gasteiger partial charge on any atom is -0.481 e. The van der Waals surface area contributed by atoms with Crippen molar-refractivity contribution < 1.29 is 14.6 Å². The third-order valence-corrected chi connectivity index (χ3v) is 2.90. The van der Waals surface area contributed by atoms with Crippen molar-refractivity contribution in [3.05, 3.63) is 59.8 Å². The number of hydrogen-bond donors (Lipinski definition) is 1. The lowest BCUT2D eigenvalue weighted by Gasteiger charge is -2.12. The third-order valence-electron chi connectivity index (χ3n) is 2.90. The Labute approximate surface area is 111 Å². The van der Waals surface area contributed by atoms with E-state index in [0.717, 1.165) is 5.56 Å². The van der Waals surface area contributed by atoms with Crippen molar-refractivity contribution in [1.29, 1.82) is 0 Å². The molecule has 1 atom stereocenters. The van der Waals surface area contributed by atoms with Crippen molar-refractivity contribution >= 4 is 5.97 Å². The second kappa shape index (κ2) is 6.00. The summed E-state index contributed by atoms with van der Waals surface area (Å²) in [7, 11) is 1.54. The van der Waals surface area contributed by atoms with Crippen molar-refractivity contribution in [3.63, 3.8) is 0 Å². The number of aliphatic carboxylic acids is 1. The molecule has 1 aromatic carbocycles. The minimum absolute atomic E-state index is 0.344. The summed E-state index contributed by atoms with van der Waals surface area (Å²) < 4.78 is 5.04. The molecule has 1 unspecified atom stereocenters. The molecule has 0 bridgehead atoms. The van der Waals surface area contributed by atoms with Crippen molar-refractivity contribution in [2.24, 2.45) is 0 Å². The Kier molecular flexibility index (Phi) is 4.13. The van der Waals surface area contributed by atoms with E-state index in [0.29, 0.717) is 18.0 Å². The second-order valence-electron chi connectivity index (χ2n) is 4.18. The first-order chi connectivity index (χ1) is 9.20. The molecular formula is C15H15NO3. The zero-order chi connectivity index (χ0) is 13.7. The molecule has 1 aromatic heterocycles. The molecule has 0 fully saturated rings. The molecule has 0 aliphatic heterocycles. The number of carboxylic acid groups (broad SMARTS) is 1. The van der Waals surface area contributed by atoms with Crippen LogP contribution >= 0.6 is 0 Å². The van der Waals surface area contributed by atoms with Crippen LogP contribution in [0.3, 0.4) is 0 Å². The van der Waals surface area contributed by atoms with Crippen LogP contribution in [0.2, 0.25) is 0 Å². The van der Waals surface area contributed by atoms with Gasteiger partial charge in [-0.25, -0.2) is 4.98 Å². The van der Waals surface area contributed by atoms with Crippen LogP contribution in [0.25, 0.3) is 0 Å². The first-order valence-corrected chi connectivity index (χ1v) is 5.98. The lowest BCUT2D eigenvalue weighted by Crippen LogP contribution is -2.15. The fraction of sp³-hybridized carbons (Fsp3) is 0.200. The maximum absolute atomic E-state index is 11.4. The molecule has 98 valence electrons. The molecule has 1 N–H and O–H groups in total. The third kappa shape index (κ3) is 3.31. The van der Waals surface area contributed by atoms with E-state index in [1.807, 2.05) is 36.4 Å². The monoisotopic (exact) mass is 257 g/mol. The Morgan fingerprint density at radius 3 is 2.58 bits per heavy atom. The lowest BCUT2D eigenvalue weighted by atomic mass is 9.94. The zero-order valence-electron chi connectivity index (χ0n) is 10.6. The summed E-state index contributed by atoms with van der Waals surface area (Å²) in [6.45, 7) is 0. The van der Waals surface area contributed by atoms with Crippen LogP contribution < -0.4 is 4.74 Å². The van der Waals surface area contributed by atoms with Crippen LogP contribution in [-0.4, -0.2) is 23.2 Å². The van der Waals surface area contributed by atoms with E-state index in [4.69, 9.17) is 4.74 Å². The van der Waals surface area contributed by atoms with Crippen LogP contribution in [0.4, 0.5) is 0 Å². The minimum atomic E-state index is -0.851. The van der Waals surface area contributed by atoms with E-state index in [-0.39, 0.29) is 0 Å². The number of pyridine rings is 1. The number of aromatic nitrogens is 1. The van der Waals surface area contributed by atoms with Gasteiger partial charge in [0.1, 0.15) is 0 Å². The predicted octanol–water partition coefficient (Wildman–Crippen LogP) is 2.50. The molecular weight excluding hydrogens is 242 g/mol. The number of methoxy groups -OCH3 is 1.